The molecule has 6 nitrogen and oxygen atoms in total. The molecular formula is C19H28N4O2. The molecule has 0 saturated carbocycles. The summed E-state index contributed by atoms with van der Waals surface area (Å²) in [4.78, 5) is 28.1. The topological polar surface area (TPSA) is 64.7 Å². The maximum atomic E-state index is 12.3. The van der Waals surface area contributed by atoms with Gasteiger partial charge in [-0.25, -0.2) is 4.79 Å². The van der Waals surface area contributed by atoms with Crippen molar-refractivity contribution >= 4 is 17.6 Å². The molecule has 2 fully saturated rings. The Hall–Kier alpha value is -2.08. The standard InChI is InChI=1S/C19H28N4O2/c1-14-5-3-4-10-23(14)17-12-22(13-17)19(25)21-16-8-6-15(7-9-16)11-18(24)20-2/h6-9,14,17H,3-5,10-13H2,1-2H3,(H,20,24)(H,21,25)/t14-/m1/s1. The molecule has 0 aliphatic carbocycles. The van der Waals surface area contributed by atoms with Crippen LogP contribution in [0.2, 0.25) is 0 Å². The second-order valence-corrected chi connectivity index (χ2v) is 7.12. The minimum atomic E-state index is -0.0417. The monoisotopic (exact) mass is 344 g/mol. The lowest BCUT2D eigenvalue weighted by Crippen LogP contribution is -2.64. The summed E-state index contributed by atoms with van der Waals surface area (Å²) >= 11 is 0. The molecule has 0 spiro atoms. The van der Waals surface area contributed by atoms with E-state index in [9.17, 15) is 9.59 Å². The molecule has 2 aliphatic rings. The predicted molar refractivity (Wildman–Crippen MR) is 98.6 cm³/mol. The second kappa shape index (κ2) is 7.87. The molecule has 0 bridgehead atoms. The Labute approximate surface area is 149 Å². The van der Waals surface area contributed by atoms with Crippen molar-refractivity contribution in [3.05, 3.63) is 29.8 Å². The number of nitrogens with one attached hydrogen (secondary N) is 2. The fourth-order valence-corrected chi connectivity index (χ4v) is 3.68. The number of likely N-dealkylation sites (N-methyl/N-ethyl adjacent to an activating group) is 1. The molecule has 2 heterocycles. The van der Waals surface area contributed by atoms with Crippen LogP contribution in [0.4, 0.5) is 10.5 Å². The number of hydrogen-bond donors (Lipinski definition) is 2. The van der Waals surface area contributed by atoms with Crippen LogP contribution in [0.5, 0.6) is 0 Å². The summed E-state index contributed by atoms with van der Waals surface area (Å²) in [5.74, 6) is -0.0182. The quantitative estimate of drug-likeness (QED) is 0.879. The van der Waals surface area contributed by atoms with Gasteiger partial charge in [0.1, 0.15) is 0 Å². The number of likely N-dealkylation sites (tertiary alicyclic amines) is 2. The van der Waals surface area contributed by atoms with Gasteiger partial charge in [0.25, 0.3) is 0 Å². The molecule has 1 aromatic rings. The molecule has 6 heteroatoms. The highest BCUT2D eigenvalue weighted by Crippen LogP contribution is 2.25. The smallest absolute Gasteiger partial charge is 0.321 e. The van der Waals surface area contributed by atoms with Crippen LogP contribution in [0.1, 0.15) is 31.7 Å². The van der Waals surface area contributed by atoms with Crippen LogP contribution in [0.15, 0.2) is 24.3 Å². The molecule has 0 aromatic heterocycles. The van der Waals surface area contributed by atoms with E-state index in [1.165, 1.54) is 19.3 Å². The SMILES string of the molecule is CNC(=O)Cc1ccc(NC(=O)N2CC(N3CCCC[C@H]3C)C2)cc1. The molecule has 1 aromatic carbocycles. The first-order valence-electron chi connectivity index (χ1n) is 9.18. The van der Waals surface area contributed by atoms with Gasteiger partial charge in [-0.1, -0.05) is 18.6 Å². The Morgan fingerprint density at radius 2 is 1.88 bits per heavy atom. The summed E-state index contributed by atoms with van der Waals surface area (Å²) < 4.78 is 0. The third-order valence-electron chi connectivity index (χ3n) is 5.32. The zero-order valence-corrected chi connectivity index (χ0v) is 15.1. The fraction of sp³-hybridized carbons (Fsp3) is 0.579. The highest BCUT2D eigenvalue weighted by Gasteiger charge is 2.37. The van der Waals surface area contributed by atoms with Crippen molar-refractivity contribution < 1.29 is 9.59 Å². The van der Waals surface area contributed by atoms with Gasteiger partial charge in [-0.05, 0) is 44.0 Å². The largest absolute Gasteiger partial charge is 0.359 e. The molecule has 0 radical (unpaired) electrons. The number of urea groups is 1. The van der Waals surface area contributed by atoms with Gasteiger partial charge >= 0.3 is 6.03 Å². The molecule has 3 rings (SSSR count). The van der Waals surface area contributed by atoms with Crippen molar-refractivity contribution in [2.75, 3.05) is 32.0 Å². The summed E-state index contributed by atoms with van der Waals surface area (Å²) in [6, 6.07) is 8.55. The van der Waals surface area contributed by atoms with Crippen LogP contribution in [-0.4, -0.2) is 60.5 Å². The first-order chi connectivity index (χ1) is 12.1. The van der Waals surface area contributed by atoms with Crippen LogP contribution in [0.25, 0.3) is 0 Å². The molecule has 136 valence electrons. The van der Waals surface area contributed by atoms with E-state index >= 15 is 0 Å². The number of rotatable bonds is 4. The number of anilines is 1. The first-order valence-corrected chi connectivity index (χ1v) is 9.18. The van der Waals surface area contributed by atoms with E-state index in [0.29, 0.717) is 18.5 Å². The van der Waals surface area contributed by atoms with Crippen LogP contribution in [0.3, 0.4) is 0 Å². The van der Waals surface area contributed by atoms with Gasteiger partial charge in [0.2, 0.25) is 5.91 Å². The first kappa shape index (κ1) is 17.7. The number of nitrogens with zero attached hydrogens (tertiary/aromatic N) is 2. The number of hydrogen-bond acceptors (Lipinski definition) is 3. The third-order valence-corrected chi connectivity index (χ3v) is 5.32. The van der Waals surface area contributed by atoms with Crippen molar-refractivity contribution in [2.24, 2.45) is 0 Å². The van der Waals surface area contributed by atoms with Gasteiger partial charge in [-0.15, -0.1) is 0 Å². The van der Waals surface area contributed by atoms with Gasteiger partial charge < -0.3 is 15.5 Å². The van der Waals surface area contributed by atoms with E-state index in [-0.39, 0.29) is 11.9 Å². The minimum Gasteiger partial charge on any atom is -0.359 e. The summed E-state index contributed by atoms with van der Waals surface area (Å²) in [6.07, 6.45) is 4.22. The van der Waals surface area contributed by atoms with E-state index in [1.807, 2.05) is 29.2 Å². The molecule has 2 saturated heterocycles. The molecule has 2 N–H and O–H groups in total. The summed E-state index contributed by atoms with van der Waals surface area (Å²) in [5, 5.41) is 5.55. The van der Waals surface area contributed by atoms with Crippen molar-refractivity contribution in [3.8, 4) is 0 Å². The number of piperidine rings is 1. The molecule has 0 unspecified atom stereocenters. The maximum Gasteiger partial charge on any atom is 0.321 e. The van der Waals surface area contributed by atoms with Gasteiger partial charge in [-0.2, -0.15) is 0 Å². The summed E-state index contributed by atoms with van der Waals surface area (Å²) in [5.41, 5.74) is 1.70. The van der Waals surface area contributed by atoms with Crippen LogP contribution in [-0.2, 0) is 11.2 Å². The Balaban J connectivity index is 1.46. The van der Waals surface area contributed by atoms with Crippen LogP contribution < -0.4 is 10.6 Å². The zero-order valence-electron chi connectivity index (χ0n) is 15.1. The maximum absolute atomic E-state index is 12.3. The van der Waals surface area contributed by atoms with Gasteiger partial charge in [0.05, 0.1) is 6.42 Å². The fourth-order valence-electron chi connectivity index (χ4n) is 3.68. The van der Waals surface area contributed by atoms with E-state index in [0.717, 1.165) is 30.9 Å². The summed E-state index contributed by atoms with van der Waals surface area (Å²) in [7, 11) is 1.63. The zero-order chi connectivity index (χ0) is 17.8. The molecule has 3 amide bonds. The molecule has 2 aliphatic heterocycles. The number of carbonyl (C=O) groups is 2. The van der Waals surface area contributed by atoms with Crippen molar-refractivity contribution in [3.63, 3.8) is 0 Å². The van der Waals surface area contributed by atoms with Crippen LogP contribution >= 0.6 is 0 Å². The van der Waals surface area contributed by atoms with E-state index < -0.39 is 0 Å². The van der Waals surface area contributed by atoms with E-state index in [4.69, 9.17) is 0 Å². The Kier molecular flexibility index (Phi) is 5.58. The molecular weight excluding hydrogens is 316 g/mol. The van der Waals surface area contributed by atoms with E-state index in [2.05, 4.69) is 22.5 Å². The lowest BCUT2D eigenvalue weighted by molar-refractivity contribution is -0.119. The highest BCUT2D eigenvalue weighted by molar-refractivity contribution is 5.90. The van der Waals surface area contributed by atoms with Gasteiger partial charge in [0.15, 0.2) is 0 Å². The number of carbonyl (C=O) groups excluding carboxylic acids is 2. The van der Waals surface area contributed by atoms with Crippen molar-refractivity contribution in [1.29, 1.82) is 0 Å². The average molecular weight is 344 g/mol. The molecule has 25 heavy (non-hydrogen) atoms. The minimum absolute atomic E-state index is 0.0182. The lowest BCUT2D eigenvalue weighted by Gasteiger charge is -2.49. The van der Waals surface area contributed by atoms with Gasteiger partial charge in [0, 0.05) is 37.9 Å². The highest BCUT2D eigenvalue weighted by atomic mass is 16.2. The van der Waals surface area contributed by atoms with Gasteiger partial charge in [-0.3, -0.25) is 9.69 Å². The van der Waals surface area contributed by atoms with E-state index in [1.54, 1.807) is 7.05 Å². The number of benzene rings is 1. The number of amides is 3. The predicted octanol–water partition coefficient (Wildman–Crippen LogP) is 2.07. The summed E-state index contributed by atoms with van der Waals surface area (Å²) in [6.45, 7) is 5.08. The Morgan fingerprint density at radius 3 is 2.52 bits per heavy atom. The van der Waals surface area contributed by atoms with Crippen LogP contribution in [0, 0.1) is 0 Å². The lowest BCUT2D eigenvalue weighted by atomic mass is 9.98. The van der Waals surface area contributed by atoms with Crippen molar-refractivity contribution in [2.45, 2.75) is 44.7 Å². The Morgan fingerprint density at radius 1 is 1.16 bits per heavy atom. The second-order valence-electron chi connectivity index (χ2n) is 7.12. The molecule has 1 atom stereocenters. The third kappa shape index (κ3) is 4.31. The average Bonchev–Trinajstić information content (AvgIpc) is 2.57. The normalized spacial score (nSPS) is 21.5. The Bertz CT molecular complexity index is 610. The van der Waals surface area contributed by atoms with Crippen molar-refractivity contribution in [1.82, 2.24) is 15.1 Å².